The lowest BCUT2D eigenvalue weighted by atomic mass is 10.3. The molecule has 2 heteroatoms. The highest BCUT2D eigenvalue weighted by Crippen LogP contribution is 2.12. The molecule has 0 saturated carbocycles. The van der Waals surface area contributed by atoms with Gasteiger partial charge in [-0.2, -0.15) is 0 Å². The van der Waals surface area contributed by atoms with Gasteiger partial charge in [0.1, 0.15) is 0 Å². The van der Waals surface area contributed by atoms with Crippen molar-refractivity contribution in [1.82, 2.24) is 0 Å². The summed E-state index contributed by atoms with van der Waals surface area (Å²) < 4.78 is 5.62. The quantitative estimate of drug-likeness (QED) is 0.451. The maximum absolute atomic E-state index is 5.62. The van der Waals surface area contributed by atoms with E-state index in [2.05, 4.69) is 33.1 Å². The van der Waals surface area contributed by atoms with Crippen LogP contribution in [0, 0.1) is 0 Å². The molecule has 0 radical (unpaired) electrons. The molecule has 0 bridgehead atoms. The molecule has 10 heavy (non-hydrogen) atoms. The molecule has 1 nitrogen and oxygen atoms in total. The van der Waals surface area contributed by atoms with E-state index in [4.69, 9.17) is 4.43 Å². The summed E-state index contributed by atoms with van der Waals surface area (Å²) in [6.45, 7) is 12.5. The Morgan fingerprint density at radius 1 is 1.40 bits per heavy atom. The fourth-order valence-electron chi connectivity index (χ4n) is 0.763. The Morgan fingerprint density at radius 2 is 1.90 bits per heavy atom. The summed E-state index contributed by atoms with van der Waals surface area (Å²) in [5.41, 5.74) is 0. The van der Waals surface area contributed by atoms with Crippen molar-refractivity contribution in [2.75, 3.05) is 0 Å². The predicted octanol–water partition coefficient (Wildman–Crippen LogP) is 3.15. The first kappa shape index (κ1) is 9.76. The van der Waals surface area contributed by atoms with Crippen LogP contribution in [0.25, 0.3) is 0 Å². The van der Waals surface area contributed by atoms with Gasteiger partial charge < -0.3 is 4.43 Å². The average molecular weight is 158 g/mol. The zero-order valence-electron chi connectivity index (χ0n) is 7.53. The minimum atomic E-state index is -1.36. The summed E-state index contributed by atoms with van der Waals surface area (Å²) >= 11 is 0. The zero-order valence-corrected chi connectivity index (χ0v) is 8.53. The molecule has 0 N–H and O–H groups in total. The van der Waals surface area contributed by atoms with Crippen LogP contribution in [0.4, 0.5) is 0 Å². The third-order valence-electron chi connectivity index (χ3n) is 0.979. The summed E-state index contributed by atoms with van der Waals surface area (Å²) in [6.07, 6.45) is 2.13. The SMILES string of the molecule is C=C(CCC)O[Si](C)(C)C. The summed E-state index contributed by atoms with van der Waals surface area (Å²) in [5.74, 6) is 0.960. The van der Waals surface area contributed by atoms with E-state index in [0.717, 1.165) is 18.6 Å². The van der Waals surface area contributed by atoms with E-state index in [-0.39, 0.29) is 0 Å². The van der Waals surface area contributed by atoms with Crippen LogP contribution in [0.2, 0.25) is 19.6 Å². The zero-order chi connectivity index (χ0) is 8.20. The van der Waals surface area contributed by atoms with E-state index in [1.54, 1.807) is 0 Å². The van der Waals surface area contributed by atoms with E-state index in [1.165, 1.54) is 0 Å². The van der Waals surface area contributed by atoms with Gasteiger partial charge in [0.15, 0.2) is 0 Å². The van der Waals surface area contributed by atoms with Gasteiger partial charge in [-0.05, 0) is 26.1 Å². The molecule has 0 aromatic heterocycles. The van der Waals surface area contributed by atoms with Gasteiger partial charge in [0, 0.05) is 6.42 Å². The number of rotatable bonds is 4. The monoisotopic (exact) mass is 158 g/mol. The molecule has 0 saturated heterocycles. The Kier molecular flexibility index (Phi) is 3.72. The van der Waals surface area contributed by atoms with Crippen molar-refractivity contribution in [3.05, 3.63) is 12.3 Å². The lowest BCUT2D eigenvalue weighted by molar-refractivity contribution is 0.401. The highest BCUT2D eigenvalue weighted by molar-refractivity contribution is 6.70. The third kappa shape index (κ3) is 5.89. The minimum absolute atomic E-state index is 0.960. The van der Waals surface area contributed by atoms with Crippen molar-refractivity contribution in [2.45, 2.75) is 39.4 Å². The van der Waals surface area contributed by atoms with Crippen LogP contribution < -0.4 is 0 Å². The Hall–Kier alpha value is -0.243. The summed E-state index contributed by atoms with van der Waals surface area (Å²) in [6, 6.07) is 0. The van der Waals surface area contributed by atoms with E-state index < -0.39 is 8.32 Å². The molecule has 0 atom stereocenters. The van der Waals surface area contributed by atoms with Crippen LogP contribution in [-0.2, 0) is 4.43 Å². The van der Waals surface area contributed by atoms with Crippen LogP contribution in [0.1, 0.15) is 19.8 Å². The van der Waals surface area contributed by atoms with Gasteiger partial charge in [-0.1, -0.05) is 13.5 Å². The second kappa shape index (κ2) is 3.81. The molecule has 0 aliphatic heterocycles. The topological polar surface area (TPSA) is 9.23 Å². The number of hydrogen-bond acceptors (Lipinski definition) is 1. The van der Waals surface area contributed by atoms with Crippen LogP contribution in [0.5, 0.6) is 0 Å². The van der Waals surface area contributed by atoms with Crippen LogP contribution >= 0.6 is 0 Å². The van der Waals surface area contributed by atoms with Gasteiger partial charge in [-0.25, -0.2) is 0 Å². The number of allylic oxidation sites excluding steroid dienone is 1. The normalized spacial score (nSPS) is 11.2. The van der Waals surface area contributed by atoms with E-state index in [0.29, 0.717) is 0 Å². The molecular weight excluding hydrogens is 140 g/mol. The smallest absolute Gasteiger partial charge is 0.241 e. The fraction of sp³-hybridized carbons (Fsp3) is 0.750. The molecule has 0 rings (SSSR count). The lowest BCUT2D eigenvalue weighted by Gasteiger charge is -2.20. The van der Waals surface area contributed by atoms with Crippen molar-refractivity contribution in [1.29, 1.82) is 0 Å². The van der Waals surface area contributed by atoms with E-state index >= 15 is 0 Å². The first-order valence-corrected chi connectivity index (χ1v) is 7.23. The van der Waals surface area contributed by atoms with Crippen molar-refractivity contribution in [3.8, 4) is 0 Å². The van der Waals surface area contributed by atoms with Gasteiger partial charge >= 0.3 is 0 Å². The summed E-state index contributed by atoms with van der Waals surface area (Å²) in [7, 11) is -1.36. The largest absolute Gasteiger partial charge is 0.548 e. The Bertz CT molecular complexity index is 113. The molecule has 0 unspecified atom stereocenters. The number of hydrogen-bond donors (Lipinski definition) is 0. The Labute approximate surface area is 65.2 Å². The van der Waals surface area contributed by atoms with Gasteiger partial charge in [0.25, 0.3) is 0 Å². The second-order valence-corrected chi connectivity index (χ2v) is 7.93. The van der Waals surface area contributed by atoms with E-state index in [9.17, 15) is 0 Å². The highest BCUT2D eigenvalue weighted by Gasteiger charge is 2.15. The van der Waals surface area contributed by atoms with Crippen LogP contribution in [0.3, 0.4) is 0 Å². The maximum Gasteiger partial charge on any atom is 0.241 e. The van der Waals surface area contributed by atoms with Crippen molar-refractivity contribution < 1.29 is 4.43 Å². The van der Waals surface area contributed by atoms with Gasteiger partial charge in [-0.15, -0.1) is 0 Å². The lowest BCUT2D eigenvalue weighted by Crippen LogP contribution is -2.24. The maximum atomic E-state index is 5.62. The Balaban J connectivity index is 3.58. The standard InChI is InChI=1S/C8H18OSi/c1-6-7-8(2)9-10(3,4)5/h2,6-7H2,1,3-5H3. The molecule has 0 aliphatic carbocycles. The molecule has 0 amide bonds. The molecule has 0 spiro atoms. The predicted molar refractivity (Wildman–Crippen MR) is 48.5 cm³/mol. The summed E-state index contributed by atoms with van der Waals surface area (Å²) in [5, 5.41) is 0. The van der Waals surface area contributed by atoms with Crippen LogP contribution in [-0.4, -0.2) is 8.32 Å². The van der Waals surface area contributed by atoms with Crippen molar-refractivity contribution in [3.63, 3.8) is 0 Å². The second-order valence-electron chi connectivity index (χ2n) is 3.50. The first-order valence-electron chi connectivity index (χ1n) is 3.82. The molecule has 60 valence electrons. The van der Waals surface area contributed by atoms with E-state index in [1.807, 2.05) is 0 Å². The molecule has 0 aromatic rings. The fourth-order valence-corrected chi connectivity index (χ4v) is 1.73. The minimum Gasteiger partial charge on any atom is -0.548 e. The highest BCUT2D eigenvalue weighted by atomic mass is 28.4. The molecular formula is C8H18OSi. The van der Waals surface area contributed by atoms with Crippen LogP contribution in [0.15, 0.2) is 12.3 Å². The van der Waals surface area contributed by atoms with Crippen molar-refractivity contribution in [2.24, 2.45) is 0 Å². The van der Waals surface area contributed by atoms with Crippen molar-refractivity contribution >= 4 is 8.32 Å². The van der Waals surface area contributed by atoms with Gasteiger partial charge in [0.05, 0.1) is 5.76 Å². The average Bonchev–Trinajstić information content (AvgIpc) is 1.59. The summed E-state index contributed by atoms with van der Waals surface area (Å²) in [4.78, 5) is 0. The van der Waals surface area contributed by atoms with Gasteiger partial charge in [-0.3, -0.25) is 0 Å². The molecule has 0 fully saturated rings. The Morgan fingerprint density at radius 3 is 2.20 bits per heavy atom. The first-order chi connectivity index (χ1) is 4.45. The van der Waals surface area contributed by atoms with Gasteiger partial charge in [0.2, 0.25) is 8.32 Å². The molecule has 0 aliphatic rings. The molecule has 0 heterocycles. The molecule has 0 aromatic carbocycles. The third-order valence-corrected chi connectivity index (χ3v) is 1.88.